The third kappa shape index (κ3) is 2.04. The lowest BCUT2D eigenvalue weighted by atomic mass is 10.1. The van der Waals surface area contributed by atoms with E-state index in [1.807, 2.05) is 12.4 Å². The summed E-state index contributed by atoms with van der Waals surface area (Å²) in [6.07, 6.45) is 8.17. The van der Waals surface area contributed by atoms with Crippen molar-refractivity contribution < 1.29 is 0 Å². The Morgan fingerprint density at radius 2 is 2.41 bits per heavy atom. The number of hydrogen-bond acceptors (Lipinski definition) is 3. The van der Waals surface area contributed by atoms with Crippen molar-refractivity contribution in [2.45, 2.75) is 38.8 Å². The summed E-state index contributed by atoms with van der Waals surface area (Å²) in [5.74, 6) is 0.945. The van der Waals surface area contributed by atoms with Crippen LogP contribution in [-0.2, 0) is 6.54 Å². The molecule has 2 fully saturated rings. The Morgan fingerprint density at radius 1 is 1.47 bits per heavy atom. The van der Waals surface area contributed by atoms with Crippen molar-refractivity contribution in [3.05, 3.63) is 24.0 Å². The molecule has 1 aromatic heterocycles. The van der Waals surface area contributed by atoms with Crippen LogP contribution in [-0.4, -0.2) is 24.1 Å². The largest absolute Gasteiger partial charge is 0.368 e. The molecule has 0 spiro atoms. The highest BCUT2D eigenvalue weighted by molar-refractivity contribution is 5.54. The van der Waals surface area contributed by atoms with E-state index >= 15 is 0 Å². The third-order valence-electron chi connectivity index (χ3n) is 4.16. The molecular weight excluding hydrogens is 210 g/mol. The van der Waals surface area contributed by atoms with Gasteiger partial charge >= 0.3 is 0 Å². The number of piperidine rings is 1. The van der Waals surface area contributed by atoms with Crippen LogP contribution in [0.3, 0.4) is 0 Å². The Balaban J connectivity index is 1.82. The molecule has 2 atom stereocenters. The Hall–Kier alpha value is -1.09. The van der Waals surface area contributed by atoms with E-state index in [-0.39, 0.29) is 0 Å². The van der Waals surface area contributed by atoms with Gasteiger partial charge in [-0.2, -0.15) is 0 Å². The molecule has 1 saturated heterocycles. The van der Waals surface area contributed by atoms with Gasteiger partial charge in [0.05, 0.1) is 0 Å². The van der Waals surface area contributed by atoms with E-state index in [2.05, 4.69) is 28.2 Å². The molecule has 2 heterocycles. The Bertz CT molecular complexity index is 391. The highest BCUT2D eigenvalue weighted by Gasteiger charge is 2.38. The molecule has 3 rings (SSSR count). The maximum Gasteiger partial charge on any atom is 0.0445 e. The van der Waals surface area contributed by atoms with Gasteiger partial charge in [-0.3, -0.25) is 4.98 Å². The van der Waals surface area contributed by atoms with Crippen molar-refractivity contribution in [3.8, 4) is 0 Å². The zero-order valence-electron chi connectivity index (χ0n) is 10.5. The maximum absolute atomic E-state index is 4.27. The molecule has 2 aliphatic rings. The number of nitrogens with one attached hydrogen (secondary N) is 1. The zero-order valence-corrected chi connectivity index (χ0v) is 10.5. The summed E-state index contributed by atoms with van der Waals surface area (Å²) in [7, 11) is 0. The van der Waals surface area contributed by atoms with E-state index in [1.165, 1.54) is 37.1 Å². The van der Waals surface area contributed by atoms with Crippen LogP contribution in [0.4, 0.5) is 5.69 Å². The number of aromatic nitrogens is 1. The molecule has 1 N–H and O–H groups in total. The molecule has 0 amide bonds. The predicted octanol–water partition coefficient (Wildman–Crippen LogP) is 2.18. The molecule has 92 valence electrons. The lowest BCUT2D eigenvalue weighted by Gasteiger charge is -2.30. The minimum absolute atomic E-state index is 0.794. The summed E-state index contributed by atoms with van der Waals surface area (Å²) in [5, 5.41) is 3.41. The second-order valence-electron chi connectivity index (χ2n) is 5.27. The fourth-order valence-electron chi connectivity index (χ4n) is 3.32. The molecule has 1 aliphatic heterocycles. The van der Waals surface area contributed by atoms with E-state index in [0.717, 1.165) is 25.0 Å². The second-order valence-corrected chi connectivity index (χ2v) is 5.27. The summed E-state index contributed by atoms with van der Waals surface area (Å²) >= 11 is 0. The van der Waals surface area contributed by atoms with Crippen LogP contribution in [0.15, 0.2) is 18.5 Å². The van der Waals surface area contributed by atoms with Crippen molar-refractivity contribution in [2.24, 2.45) is 5.92 Å². The first kappa shape index (κ1) is 11.0. The van der Waals surface area contributed by atoms with E-state index < -0.39 is 0 Å². The second kappa shape index (κ2) is 4.65. The predicted molar refractivity (Wildman–Crippen MR) is 70.1 cm³/mol. The molecule has 3 nitrogen and oxygen atoms in total. The van der Waals surface area contributed by atoms with Gasteiger partial charge in [-0.25, -0.2) is 0 Å². The summed E-state index contributed by atoms with van der Waals surface area (Å²) in [5.41, 5.74) is 2.76. The van der Waals surface area contributed by atoms with Crippen LogP contribution < -0.4 is 10.2 Å². The molecule has 17 heavy (non-hydrogen) atoms. The number of anilines is 1. The molecular formula is C14H21N3. The van der Waals surface area contributed by atoms with Crippen LogP contribution in [0.1, 0.15) is 31.7 Å². The summed E-state index contributed by atoms with van der Waals surface area (Å²) in [6.45, 7) is 5.36. The number of pyridine rings is 1. The minimum Gasteiger partial charge on any atom is -0.368 e. The lowest BCUT2D eigenvalue weighted by Crippen LogP contribution is -2.33. The fourth-order valence-corrected chi connectivity index (χ4v) is 3.32. The average Bonchev–Trinajstić information content (AvgIpc) is 2.99. The highest BCUT2D eigenvalue weighted by atomic mass is 15.2. The van der Waals surface area contributed by atoms with Crippen molar-refractivity contribution in [2.75, 3.05) is 18.0 Å². The standard InChI is InChI=1S/C14H21N3/c1-2-15-8-12-9-16-6-5-14(12)17-10-11-3-4-13(17)7-11/h5-6,9,11,13,15H,2-4,7-8,10H2,1H3. The Kier molecular flexibility index (Phi) is 3.02. The monoisotopic (exact) mass is 231 g/mol. The van der Waals surface area contributed by atoms with Crippen molar-refractivity contribution in [1.29, 1.82) is 0 Å². The van der Waals surface area contributed by atoms with Gasteiger partial charge in [0, 0.05) is 42.8 Å². The molecule has 2 unspecified atom stereocenters. The number of hydrogen-bond donors (Lipinski definition) is 1. The first-order valence-corrected chi connectivity index (χ1v) is 6.78. The minimum atomic E-state index is 0.794. The summed E-state index contributed by atoms with van der Waals surface area (Å²) < 4.78 is 0. The number of nitrogens with zero attached hydrogens (tertiary/aromatic N) is 2. The SMILES string of the molecule is CCNCc1cnccc1N1CC2CCC1C2. The zero-order chi connectivity index (χ0) is 11.7. The average molecular weight is 231 g/mol. The Morgan fingerprint density at radius 3 is 3.12 bits per heavy atom. The molecule has 1 aliphatic carbocycles. The van der Waals surface area contributed by atoms with Crippen LogP contribution in [0, 0.1) is 5.92 Å². The van der Waals surface area contributed by atoms with E-state index in [0.29, 0.717) is 0 Å². The van der Waals surface area contributed by atoms with Crippen LogP contribution >= 0.6 is 0 Å². The van der Waals surface area contributed by atoms with Crippen molar-refractivity contribution in [1.82, 2.24) is 10.3 Å². The molecule has 3 heteroatoms. The van der Waals surface area contributed by atoms with Gasteiger partial charge in [-0.05, 0) is 37.8 Å². The first-order valence-electron chi connectivity index (χ1n) is 6.78. The highest BCUT2D eigenvalue weighted by Crippen LogP contribution is 2.40. The quantitative estimate of drug-likeness (QED) is 0.861. The molecule has 1 aromatic rings. The number of rotatable bonds is 4. The van der Waals surface area contributed by atoms with Gasteiger partial charge in [0.1, 0.15) is 0 Å². The van der Waals surface area contributed by atoms with Gasteiger partial charge in [-0.15, -0.1) is 0 Å². The van der Waals surface area contributed by atoms with Crippen LogP contribution in [0.2, 0.25) is 0 Å². The summed E-state index contributed by atoms with van der Waals surface area (Å²) in [4.78, 5) is 6.88. The first-order chi connectivity index (χ1) is 8.38. The maximum atomic E-state index is 4.27. The lowest BCUT2D eigenvalue weighted by molar-refractivity contribution is 0.551. The fraction of sp³-hybridized carbons (Fsp3) is 0.643. The molecule has 1 saturated carbocycles. The van der Waals surface area contributed by atoms with Gasteiger partial charge in [0.15, 0.2) is 0 Å². The normalized spacial score (nSPS) is 26.8. The van der Waals surface area contributed by atoms with E-state index in [4.69, 9.17) is 0 Å². The van der Waals surface area contributed by atoms with Gasteiger partial charge < -0.3 is 10.2 Å². The topological polar surface area (TPSA) is 28.2 Å². The van der Waals surface area contributed by atoms with Crippen LogP contribution in [0.5, 0.6) is 0 Å². The molecule has 0 radical (unpaired) electrons. The van der Waals surface area contributed by atoms with Crippen molar-refractivity contribution >= 4 is 5.69 Å². The smallest absolute Gasteiger partial charge is 0.0445 e. The Labute approximate surface area is 103 Å². The number of fused-ring (bicyclic) bond motifs is 2. The third-order valence-corrected chi connectivity index (χ3v) is 4.16. The van der Waals surface area contributed by atoms with E-state index in [1.54, 1.807) is 0 Å². The molecule has 2 bridgehead atoms. The molecule has 0 aromatic carbocycles. The van der Waals surface area contributed by atoms with Crippen LogP contribution in [0.25, 0.3) is 0 Å². The summed E-state index contributed by atoms with van der Waals surface area (Å²) in [6, 6.07) is 2.98. The van der Waals surface area contributed by atoms with E-state index in [9.17, 15) is 0 Å². The van der Waals surface area contributed by atoms with Crippen molar-refractivity contribution in [3.63, 3.8) is 0 Å². The van der Waals surface area contributed by atoms with Gasteiger partial charge in [-0.1, -0.05) is 6.92 Å². The van der Waals surface area contributed by atoms with Gasteiger partial charge in [0.25, 0.3) is 0 Å². The van der Waals surface area contributed by atoms with Gasteiger partial charge in [0.2, 0.25) is 0 Å².